The Kier molecular flexibility index (Phi) is 6.64. The van der Waals surface area contributed by atoms with Gasteiger partial charge < -0.3 is 10.6 Å². The van der Waals surface area contributed by atoms with E-state index in [0.717, 1.165) is 36.6 Å². The number of nitrogens with zero attached hydrogens (tertiary/aromatic N) is 4. The van der Waals surface area contributed by atoms with Crippen molar-refractivity contribution in [2.24, 2.45) is 0 Å². The van der Waals surface area contributed by atoms with Gasteiger partial charge in [0, 0.05) is 42.6 Å². The van der Waals surface area contributed by atoms with Gasteiger partial charge in [-0.3, -0.25) is 20.0 Å². The van der Waals surface area contributed by atoms with Gasteiger partial charge in [0.1, 0.15) is 5.69 Å². The highest BCUT2D eigenvalue weighted by Gasteiger charge is 2.14. The Morgan fingerprint density at radius 2 is 1.81 bits per heavy atom. The van der Waals surface area contributed by atoms with Crippen LogP contribution in [0.4, 0.5) is 11.4 Å². The van der Waals surface area contributed by atoms with Gasteiger partial charge in [0.25, 0.3) is 0 Å². The first-order valence-electron chi connectivity index (χ1n) is 10.3. The second kappa shape index (κ2) is 9.76. The fraction of sp³-hybridized carbons (Fsp3) is 0.261. The first-order chi connectivity index (χ1) is 15.1. The van der Waals surface area contributed by atoms with Crippen LogP contribution in [0.3, 0.4) is 0 Å². The Morgan fingerprint density at radius 3 is 2.61 bits per heavy atom. The number of rotatable bonds is 8. The van der Waals surface area contributed by atoms with Gasteiger partial charge >= 0.3 is 0 Å². The van der Waals surface area contributed by atoms with Gasteiger partial charge in [-0.2, -0.15) is 5.10 Å². The molecule has 1 fully saturated rings. The summed E-state index contributed by atoms with van der Waals surface area (Å²) in [6, 6.07) is 3.92. The SMILES string of the molecule is C=C(Nc1c[nH]nc1C(=C)Nc1cncc(CN2CCCCC2)c1)c1cncc(Cl)c1. The molecule has 0 bridgehead atoms. The van der Waals surface area contributed by atoms with E-state index in [4.69, 9.17) is 11.6 Å². The lowest BCUT2D eigenvalue weighted by molar-refractivity contribution is 0.220. The van der Waals surface area contributed by atoms with Crippen LogP contribution in [0, 0.1) is 0 Å². The Bertz CT molecular complexity index is 1070. The summed E-state index contributed by atoms with van der Waals surface area (Å²) >= 11 is 6.03. The van der Waals surface area contributed by atoms with Crippen LogP contribution in [0.25, 0.3) is 11.4 Å². The average molecular weight is 436 g/mol. The number of aromatic amines is 1. The van der Waals surface area contributed by atoms with E-state index < -0.39 is 0 Å². The van der Waals surface area contributed by atoms with E-state index >= 15 is 0 Å². The van der Waals surface area contributed by atoms with Crippen molar-refractivity contribution in [1.82, 2.24) is 25.1 Å². The lowest BCUT2D eigenvalue weighted by Gasteiger charge is -2.26. The van der Waals surface area contributed by atoms with Gasteiger partial charge in [0.15, 0.2) is 0 Å². The first kappa shape index (κ1) is 21.1. The third-order valence-electron chi connectivity index (χ3n) is 5.21. The van der Waals surface area contributed by atoms with Crippen molar-refractivity contribution in [1.29, 1.82) is 0 Å². The van der Waals surface area contributed by atoms with Crippen molar-refractivity contribution < 1.29 is 0 Å². The minimum Gasteiger partial charge on any atom is -0.353 e. The van der Waals surface area contributed by atoms with E-state index in [1.165, 1.54) is 24.8 Å². The van der Waals surface area contributed by atoms with Crippen molar-refractivity contribution in [3.8, 4) is 0 Å². The Labute approximate surface area is 187 Å². The normalized spacial score (nSPS) is 14.2. The summed E-state index contributed by atoms with van der Waals surface area (Å²) in [5, 5.41) is 14.3. The highest BCUT2D eigenvalue weighted by molar-refractivity contribution is 6.30. The molecule has 31 heavy (non-hydrogen) atoms. The van der Waals surface area contributed by atoms with Crippen molar-refractivity contribution in [3.63, 3.8) is 0 Å². The average Bonchev–Trinajstić information content (AvgIpc) is 3.23. The van der Waals surface area contributed by atoms with Crippen LogP contribution in [0.5, 0.6) is 0 Å². The maximum atomic E-state index is 6.03. The maximum Gasteiger partial charge on any atom is 0.131 e. The van der Waals surface area contributed by atoms with Gasteiger partial charge in [-0.15, -0.1) is 0 Å². The van der Waals surface area contributed by atoms with Gasteiger partial charge in [0.05, 0.1) is 28.3 Å². The third-order valence-corrected chi connectivity index (χ3v) is 5.42. The number of piperidine rings is 1. The zero-order chi connectivity index (χ0) is 21.6. The molecular formula is C23H26ClN7. The molecule has 3 N–H and O–H groups in total. The van der Waals surface area contributed by atoms with E-state index in [9.17, 15) is 0 Å². The summed E-state index contributed by atoms with van der Waals surface area (Å²) in [6.45, 7) is 11.5. The fourth-order valence-corrected chi connectivity index (χ4v) is 3.85. The molecule has 0 spiro atoms. The maximum absolute atomic E-state index is 6.03. The van der Waals surface area contributed by atoms with Crippen molar-refractivity contribution in [2.75, 3.05) is 23.7 Å². The van der Waals surface area contributed by atoms with Crippen LogP contribution in [0.15, 0.2) is 56.3 Å². The Hall–Kier alpha value is -3.16. The van der Waals surface area contributed by atoms with Crippen molar-refractivity contribution in [3.05, 3.63) is 78.1 Å². The number of H-pyrrole nitrogens is 1. The molecule has 0 saturated carbocycles. The molecule has 0 unspecified atom stereocenters. The summed E-state index contributed by atoms with van der Waals surface area (Å²) < 4.78 is 0. The monoisotopic (exact) mass is 435 g/mol. The second-order valence-corrected chi connectivity index (χ2v) is 8.10. The van der Waals surface area contributed by atoms with Crippen LogP contribution in [0.1, 0.15) is 36.1 Å². The lowest BCUT2D eigenvalue weighted by atomic mass is 10.1. The van der Waals surface area contributed by atoms with Gasteiger partial charge in [-0.1, -0.05) is 31.2 Å². The van der Waals surface area contributed by atoms with Crippen LogP contribution in [-0.2, 0) is 6.54 Å². The lowest BCUT2D eigenvalue weighted by Crippen LogP contribution is -2.29. The molecule has 1 saturated heterocycles. The first-order valence-corrected chi connectivity index (χ1v) is 10.7. The molecule has 3 aromatic rings. The number of anilines is 2. The highest BCUT2D eigenvalue weighted by atomic mass is 35.5. The molecule has 0 atom stereocenters. The summed E-state index contributed by atoms with van der Waals surface area (Å²) in [6.07, 6.45) is 12.6. The van der Waals surface area contributed by atoms with Crippen LogP contribution in [0.2, 0.25) is 5.02 Å². The predicted octanol–water partition coefficient (Wildman–Crippen LogP) is 5.00. The number of nitrogens with one attached hydrogen (secondary N) is 3. The van der Waals surface area contributed by atoms with E-state index in [0.29, 0.717) is 22.1 Å². The van der Waals surface area contributed by atoms with Gasteiger partial charge in [0.2, 0.25) is 0 Å². The van der Waals surface area contributed by atoms with Crippen LogP contribution < -0.4 is 10.6 Å². The van der Waals surface area contributed by atoms with E-state index in [1.807, 2.05) is 6.20 Å². The highest BCUT2D eigenvalue weighted by Crippen LogP contribution is 2.26. The Balaban J connectivity index is 1.42. The smallest absolute Gasteiger partial charge is 0.131 e. The number of hydrogen-bond acceptors (Lipinski definition) is 6. The summed E-state index contributed by atoms with van der Waals surface area (Å²) in [7, 11) is 0. The van der Waals surface area contributed by atoms with E-state index in [-0.39, 0.29) is 0 Å². The largest absolute Gasteiger partial charge is 0.353 e. The number of pyridine rings is 2. The zero-order valence-electron chi connectivity index (χ0n) is 17.4. The fourth-order valence-electron chi connectivity index (χ4n) is 3.68. The van der Waals surface area contributed by atoms with Crippen molar-refractivity contribution in [2.45, 2.75) is 25.8 Å². The molecule has 0 amide bonds. The van der Waals surface area contributed by atoms with Crippen LogP contribution in [-0.4, -0.2) is 38.2 Å². The van der Waals surface area contributed by atoms with E-state index in [2.05, 4.69) is 54.9 Å². The molecule has 7 nitrogen and oxygen atoms in total. The number of aromatic nitrogens is 4. The molecule has 1 aliphatic rings. The number of halogens is 1. The molecule has 0 radical (unpaired) electrons. The Morgan fingerprint density at radius 1 is 1.00 bits per heavy atom. The molecule has 4 rings (SSSR count). The predicted molar refractivity (Wildman–Crippen MR) is 127 cm³/mol. The van der Waals surface area contributed by atoms with Gasteiger partial charge in [-0.25, -0.2) is 0 Å². The standard InChI is InChI=1S/C23H26ClN7/c1-16(19-9-20(24)12-26-11-19)29-22-14-27-30-23(22)17(2)28-21-8-18(10-25-13-21)15-31-6-4-3-5-7-31/h8-14,28-29H,1-7,15H2,(H,27,30). The van der Waals surface area contributed by atoms with Gasteiger partial charge in [-0.05, 0) is 43.6 Å². The summed E-state index contributed by atoms with van der Waals surface area (Å²) in [4.78, 5) is 11.0. The molecule has 4 heterocycles. The molecule has 8 heteroatoms. The van der Waals surface area contributed by atoms with Crippen LogP contribution >= 0.6 is 11.6 Å². The topological polar surface area (TPSA) is 81.8 Å². The quantitative estimate of drug-likeness (QED) is 0.461. The molecule has 0 aromatic carbocycles. The molecule has 3 aromatic heterocycles. The molecule has 160 valence electrons. The number of hydrogen-bond donors (Lipinski definition) is 3. The molecule has 0 aliphatic carbocycles. The molecular weight excluding hydrogens is 410 g/mol. The minimum absolute atomic E-state index is 0.552. The minimum atomic E-state index is 0.552. The third kappa shape index (κ3) is 5.51. The number of likely N-dealkylation sites (tertiary alicyclic amines) is 1. The zero-order valence-corrected chi connectivity index (χ0v) is 18.1. The van der Waals surface area contributed by atoms with Crippen molar-refractivity contribution >= 4 is 34.4 Å². The second-order valence-electron chi connectivity index (χ2n) is 7.67. The van der Waals surface area contributed by atoms with E-state index in [1.54, 1.807) is 30.9 Å². The summed E-state index contributed by atoms with van der Waals surface area (Å²) in [5.74, 6) is 0. The molecule has 1 aliphatic heterocycles. The summed E-state index contributed by atoms with van der Waals surface area (Å²) in [5.41, 5.74) is 5.59.